The van der Waals surface area contributed by atoms with Gasteiger partial charge in [0.25, 0.3) is 11.8 Å². The molecule has 3 aliphatic rings. The third-order valence-corrected chi connectivity index (χ3v) is 7.06. The Morgan fingerprint density at radius 3 is 2.41 bits per heavy atom. The van der Waals surface area contributed by atoms with E-state index in [2.05, 4.69) is 23.8 Å². The van der Waals surface area contributed by atoms with E-state index in [1.165, 1.54) is 6.21 Å². The van der Waals surface area contributed by atoms with Crippen LogP contribution in [0.5, 0.6) is 11.5 Å². The topological polar surface area (TPSA) is 68.2 Å². The molecule has 2 aliphatic carbocycles. The predicted molar refractivity (Wildman–Crippen MR) is 130 cm³/mol. The van der Waals surface area contributed by atoms with Gasteiger partial charge < -0.3 is 9.47 Å². The third-order valence-electron chi connectivity index (χ3n) is 6.80. The van der Waals surface area contributed by atoms with Crippen molar-refractivity contribution in [2.75, 3.05) is 7.11 Å². The highest BCUT2D eigenvalue weighted by Crippen LogP contribution is 2.52. The van der Waals surface area contributed by atoms with Crippen LogP contribution in [-0.2, 0) is 22.6 Å². The number of methoxy groups -OCH3 is 1. The summed E-state index contributed by atoms with van der Waals surface area (Å²) in [6.07, 6.45) is 8.89. The molecule has 4 atom stereocenters. The number of fused-ring (bicyclic) bond motifs is 5. The number of ether oxygens (including phenoxy) is 2. The number of benzene rings is 2. The van der Waals surface area contributed by atoms with Crippen LogP contribution >= 0.6 is 11.6 Å². The minimum atomic E-state index is -0.269. The predicted octanol–water partition coefficient (Wildman–Crippen LogP) is 4.80. The zero-order valence-corrected chi connectivity index (χ0v) is 19.6. The van der Waals surface area contributed by atoms with Crippen molar-refractivity contribution in [1.82, 2.24) is 5.01 Å². The summed E-state index contributed by atoms with van der Waals surface area (Å²) >= 11 is 5.97. The molecule has 7 heteroatoms. The maximum absolute atomic E-state index is 12.9. The van der Waals surface area contributed by atoms with Crippen molar-refractivity contribution in [3.05, 3.63) is 82.9 Å². The summed E-state index contributed by atoms with van der Waals surface area (Å²) in [6.45, 7) is 4.19. The Hall–Kier alpha value is -3.38. The Morgan fingerprint density at radius 1 is 1.12 bits per heavy atom. The SMILES string of the molecule is C=CCc1cc(C=NN2C(=O)[C@@H]3[C@H](C2=O)[C@H]2C=C[C@H]3C2)cc(OC)c1OCc1ccc(Cl)cc1. The molecule has 0 unspecified atom stereocenters. The van der Waals surface area contributed by atoms with Gasteiger partial charge in [-0.1, -0.05) is 42.0 Å². The Kier molecular flexibility index (Phi) is 6.00. The summed E-state index contributed by atoms with van der Waals surface area (Å²) in [5.41, 5.74) is 2.54. The number of hydrogen-bond donors (Lipinski definition) is 0. The highest BCUT2D eigenvalue weighted by molar-refractivity contribution is 6.30. The van der Waals surface area contributed by atoms with Gasteiger partial charge >= 0.3 is 0 Å². The number of hydrazone groups is 1. The number of carbonyl (C=O) groups is 2. The molecule has 174 valence electrons. The van der Waals surface area contributed by atoms with Crippen molar-refractivity contribution in [2.24, 2.45) is 28.8 Å². The van der Waals surface area contributed by atoms with E-state index in [9.17, 15) is 9.59 Å². The van der Waals surface area contributed by atoms with Crippen LogP contribution < -0.4 is 9.47 Å². The zero-order valence-electron chi connectivity index (χ0n) is 18.8. The molecule has 0 N–H and O–H groups in total. The first-order valence-corrected chi connectivity index (χ1v) is 11.7. The van der Waals surface area contributed by atoms with Gasteiger partial charge in [0.05, 0.1) is 25.2 Å². The molecule has 0 aromatic heterocycles. The first kappa shape index (κ1) is 22.4. The maximum atomic E-state index is 12.9. The van der Waals surface area contributed by atoms with E-state index in [0.29, 0.717) is 35.1 Å². The maximum Gasteiger partial charge on any atom is 0.254 e. The fourth-order valence-electron chi connectivity index (χ4n) is 5.24. The lowest BCUT2D eigenvalue weighted by Gasteiger charge is -2.16. The molecule has 2 aromatic rings. The third kappa shape index (κ3) is 3.92. The summed E-state index contributed by atoms with van der Waals surface area (Å²) in [6, 6.07) is 11.1. The minimum Gasteiger partial charge on any atom is -0.493 e. The number of hydrogen-bond acceptors (Lipinski definition) is 5. The number of amides is 2. The van der Waals surface area contributed by atoms with E-state index in [1.807, 2.05) is 30.3 Å². The lowest BCUT2D eigenvalue weighted by Crippen LogP contribution is -2.28. The molecular weight excluding hydrogens is 452 g/mol. The summed E-state index contributed by atoms with van der Waals surface area (Å²) in [5, 5.41) is 6.00. The van der Waals surface area contributed by atoms with Crippen LogP contribution in [0.25, 0.3) is 0 Å². The molecular formula is C27H25ClN2O4. The molecule has 2 aromatic carbocycles. The highest BCUT2D eigenvalue weighted by Gasteiger charge is 2.59. The van der Waals surface area contributed by atoms with Gasteiger partial charge in [0.1, 0.15) is 6.61 Å². The monoisotopic (exact) mass is 476 g/mol. The Bertz CT molecular complexity index is 1170. The second-order valence-electron chi connectivity index (χ2n) is 8.85. The normalized spacial score (nSPS) is 24.8. The molecule has 2 amide bonds. The molecule has 2 bridgehead atoms. The lowest BCUT2D eigenvalue weighted by molar-refractivity contribution is -0.140. The largest absolute Gasteiger partial charge is 0.493 e. The van der Waals surface area contributed by atoms with E-state index in [-0.39, 0.29) is 35.5 Å². The molecule has 1 aliphatic heterocycles. The van der Waals surface area contributed by atoms with Crippen LogP contribution in [0, 0.1) is 23.7 Å². The van der Waals surface area contributed by atoms with Gasteiger partial charge in [-0.25, -0.2) is 0 Å². The average molecular weight is 477 g/mol. The first-order chi connectivity index (χ1) is 16.5. The second-order valence-corrected chi connectivity index (χ2v) is 9.29. The molecule has 0 spiro atoms. The van der Waals surface area contributed by atoms with Crippen molar-refractivity contribution in [2.45, 2.75) is 19.4 Å². The van der Waals surface area contributed by atoms with Crippen LogP contribution in [0.4, 0.5) is 0 Å². The van der Waals surface area contributed by atoms with Crippen LogP contribution in [0.1, 0.15) is 23.1 Å². The number of halogens is 1. The quantitative estimate of drug-likeness (QED) is 0.312. The molecule has 0 radical (unpaired) electrons. The second kappa shape index (κ2) is 9.11. The fraction of sp³-hybridized carbons (Fsp3) is 0.296. The van der Waals surface area contributed by atoms with Gasteiger partial charge in [0, 0.05) is 10.6 Å². The average Bonchev–Trinajstić information content (AvgIpc) is 3.52. The number of rotatable bonds is 8. The molecule has 1 saturated carbocycles. The van der Waals surface area contributed by atoms with Crippen molar-refractivity contribution < 1.29 is 19.1 Å². The van der Waals surface area contributed by atoms with Crippen LogP contribution in [0.15, 0.2) is 66.3 Å². The van der Waals surface area contributed by atoms with E-state index in [0.717, 1.165) is 22.6 Å². The smallest absolute Gasteiger partial charge is 0.254 e. The van der Waals surface area contributed by atoms with Crippen LogP contribution in [0.3, 0.4) is 0 Å². The standard InChI is InChI=1S/C27H25ClN2O4/c1-3-4-20-11-17(12-22(33-2)25(20)34-15-16-5-9-21(28)10-6-16)14-29-30-26(31)23-18-7-8-19(13-18)24(23)27(30)32/h3,5-12,14,18-19,23-24H,1,4,13,15H2,2H3/t18-,19-,23-,24+/m0/s1. The molecule has 34 heavy (non-hydrogen) atoms. The van der Waals surface area contributed by atoms with Crippen molar-refractivity contribution in [1.29, 1.82) is 0 Å². The molecule has 5 rings (SSSR count). The summed E-state index contributed by atoms with van der Waals surface area (Å²) in [4.78, 5) is 25.8. The highest BCUT2D eigenvalue weighted by atomic mass is 35.5. The summed E-state index contributed by atoms with van der Waals surface area (Å²) in [5.74, 6) is 0.510. The van der Waals surface area contributed by atoms with E-state index in [1.54, 1.807) is 19.3 Å². The minimum absolute atomic E-state index is 0.156. The van der Waals surface area contributed by atoms with Crippen molar-refractivity contribution in [3.8, 4) is 11.5 Å². The van der Waals surface area contributed by atoms with Crippen LogP contribution in [-0.4, -0.2) is 30.1 Å². The van der Waals surface area contributed by atoms with Crippen molar-refractivity contribution >= 4 is 29.6 Å². The Balaban J connectivity index is 1.38. The van der Waals surface area contributed by atoms with E-state index < -0.39 is 0 Å². The number of nitrogens with zero attached hydrogens (tertiary/aromatic N) is 2. The van der Waals surface area contributed by atoms with Gasteiger partial charge in [0.2, 0.25) is 0 Å². The summed E-state index contributed by atoms with van der Waals surface area (Å²) < 4.78 is 11.7. The molecule has 6 nitrogen and oxygen atoms in total. The number of imide groups is 1. The van der Waals surface area contributed by atoms with Gasteiger partial charge in [-0.3, -0.25) is 9.59 Å². The van der Waals surface area contributed by atoms with Gasteiger partial charge in [-0.15, -0.1) is 6.58 Å². The van der Waals surface area contributed by atoms with Gasteiger partial charge in [0.15, 0.2) is 11.5 Å². The lowest BCUT2D eigenvalue weighted by atomic mass is 9.85. The Labute approximate surface area is 203 Å². The van der Waals surface area contributed by atoms with E-state index in [4.69, 9.17) is 21.1 Å². The summed E-state index contributed by atoms with van der Waals surface area (Å²) in [7, 11) is 1.57. The number of allylic oxidation sites excluding steroid dienone is 3. The first-order valence-electron chi connectivity index (χ1n) is 11.3. The fourth-order valence-corrected chi connectivity index (χ4v) is 5.37. The van der Waals surface area contributed by atoms with E-state index >= 15 is 0 Å². The zero-order chi connectivity index (χ0) is 23.8. The number of carbonyl (C=O) groups excluding carboxylic acids is 2. The molecule has 1 heterocycles. The van der Waals surface area contributed by atoms with Crippen LogP contribution in [0.2, 0.25) is 5.02 Å². The molecule has 1 saturated heterocycles. The van der Waals surface area contributed by atoms with Crippen molar-refractivity contribution in [3.63, 3.8) is 0 Å². The van der Waals surface area contributed by atoms with Gasteiger partial charge in [-0.05, 0) is 60.1 Å². The Morgan fingerprint density at radius 2 is 1.79 bits per heavy atom. The molecule has 2 fully saturated rings. The van der Waals surface area contributed by atoms with Gasteiger partial charge in [-0.2, -0.15) is 10.1 Å².